The molecule has 22 heavy (non-hydrogen) atoms. The highest BCUT2D eigenvalue weighted by atomic mass is 16.4. The van der Waals surface area contributed by atoms with Crippen LogP contribution in [0.4, 0.5) is 5.82 Å². The predicted octanol–water partition coefficient (Wildman–Crippen LogP) is 1.38. The van der Waals surface area contributed by atoms with Gasteiger partial charge in [-0.15, -0.1) is 0 Å². The fourth-order valence-corrected chi connectivity index (χ4v) is 3.67. The van der Waals surface area contributed by atoms with E-state index in [2.05, 4.69) is 27.1 Å². The normalized spacial score (nSPS) is 23.9. The third-order valence-electron chi connectivity index (χ3n) is 5.13. The van der Waals surface area contributed by atoms with Gasteiger partial charge in [-0.1, -0.05) is 6.92 Å². The zero-order valence-corrected chi connectivity index (χ0v) is 13.3. The van der Waals surface area contributed by atoms with E-state index in [1.807, 2.05) is 13.1 Å². The van der Waals surface area contributed by atoms with E-state index in [-0.39, 0.29) is 11.5 Å². The third kappa shape index (κ3) is 2.79. The first kappa shape index (κ1) is 15.2. The summed E-state index contributed by atoms with van der Waals surface area (Å²) < 4.78 is 0. The highest BCUT2D eigenvalue weighted by Gasteiger charge is 2.43. The van der Waals surface area contributed by atoms with E-state index in [0.717, 1.165) is 57.0 Å². The number of rotatable bonds is 3. The Kier molecular flexibility index (Phi) is 4.04. The summed E-state index contributed by atoms with van der Waals surface area (Å²) >= 11 is 0. The van der Waals surface area contributed by atoms with Crippen molar-refractivity contribution < 1.29 is 9.90 Å². The van der Waals surface area contributed by atoms with E-state index in [9.17, 15) is 4.79 Å². The van der Waals surface area contributed by atoms with Gasteiger partial charge < -0.3 is 15.3 Å². The Morgan fingerprint density at radius 1 is 1.50 bits per heavy atom. The maximum absolute atomic E-state index is 11.1. The van der Waals surface area contributed by atoms with Crippen molar-refractivity contribution in [2.45, 2.75) is 45.6 Å². The summed E-state index contributed by atoms with van der Waals surface area (Å²) in [6.07, 6.45) is 5.66. The van der Waals surface area contributed by atoms with E-state index in [4.69, 9.17) is 5.11 Å². The second-order valence-electron chi connectivity index (χ2n) is 6.58. The number of piperidine rings is 1. The van der Waals surface area contributed by atoms with Crippen LogP contribution >= 0.6 is 0 Å². The fraction of sp³-hybridized carbons (Fsp3) is 0.688. The minimum atomic E-state index is -0.723. The second kappa shape index (κ2) is 5.83. The third-order valence-corrected chi connectivity index (χ3v) is 5.13. The molecule has 6 nitrogen and oxygen atoms in total. The number of nitrogens with one attached hydrogen (secondary N) is 1. The van der Waals surface area contributed by atoms with E-state index in [1.165, 1.54) is 5.56 Å². The van der Waals surface area contributed by atoms with Crippen molar-refractivity contribution in [3.63, 3.8) is 0 Å². The first-order valence-corrected chi connectivity index (χ1v) is 8.07. The molecule has 2 N–H and O–H groups in total. The summed E-state index contributed by atoms with van der Waals surface area (Å²) in [6.45, 7) is 6.75. The number of anilines is 1. The van der Waals surface area contributed by atoms with E-state index < -0.39 is 5.97 Å². The van der Waals surface area contributed by atoms with Gasteiger partial charge in [0.25, 0.3) is 0 Å². The number of aryl methyl sites for hydroxylation is 2. The first-order valence-electron chi connectivity index (χ1n) is 8.07. The molecular formula is C16H24N4O2. The lowest BCUT2D eigenvalue weighted by atomic mass is 9.76. The fourth-order valence-electron chi connectivity index (χ4n) is 3.67. The number of carbonyl (C=O) groups is 1. The molecule has 6 heteroatoms. The standard InChI is InChI=1S/C16H24N4O2/c1-3-12-9-17-11(2)19-14(12)20-6-4-16(5-7-20)8-13(15(21)22)18-10-16/h9,13,18H,3-8,10H2,1-2H3,(H,21,22)/t13-/m1/s1. The molecule has 0 bridgehead atoms. The summed E-state index contributed by atoms with van der Waals surface area (Å²) in [7, 11) is 0. The molecule has 3 rings (SSSR count). The van der Waals surface area contributed by atoms with E-state index >= 15 is 0 Å². The summed E-state index contributed by atoms with van der Waals surface area (Å²) in [5, 5.41) is 12.3. The van der Waals surface area contributed by atoms with Crippen LogP contribution in [0.3, 0.4) is 0 Å². The van der Waals surface area contributed by atoms with Gasteiger partial charge in [0.2, 0.25) is 0 Å². The van der Waals surface area contributed by atoms with Gasteiger partial charge in [-0.05, 0) is 38.0 Å². The van der Waals surface area contributed by atoms with Crippen LogP contribution in [0.5, 0.6) is 0 Å². The number of hydrogen-bond acceptors (Lipinski definition) is 5. The van der Waals surface area contributed by atoms with Gasteiger partial charge in [0.1, 0.15) is 17.7 Å². The lowest BCUT2D eigenvalue weighted by Gasteiger charge is -2.40. The van der Waals surface area contributed by atoms with Crippen molar-refractivity contribution in [2.24, 2.45) is 5.41 Å². The van der Waals surface area contributed by atoms with E-state index in [1.54, 1.807) is 0 Å². The monoisotopic (exact) mass is 304 g/mol. The summed E-state index contributed by atoms with van der Waals surface area (Å²) in [5.74, 6) is 1.14. The highest BCUT2D eigenvalue weighted by Crippen LogP contribution is 2.40. The van der Waals surface area contributed by atoms with Gasteiger partial charge in [-0.2, -0.15) is 0 Å². The number of aromatic nitrogens is 2. The average Bonchev–Trinajstić information content (AvgIpc) is 2.92. The summed E-state index contributed by atoms with van der Waals surface area (Å²) in [6, 6.07) is -0.376. The van der Waals surface area contributed by atoms with Crippen LogP contribution in [0.15, 0.2) is 6.20 Å². The number of aliphatic carboxylic acids is 1. The Hall–Kier alpha value is -1.69. The quantitative estimate of drug-likeness (QED) is 0.878. The maximum atomic E-state index is 11.1. The zero-order chi connectivity index (χ0) is 15.7. The van der Waals surface area contributed by atoms with Crippen molar-refractivity contribution in [1.82, 2.24) is 15.3 Å². The van der Waals surface area contributed by atoms with Gasteiger partial charge in [0.15, 0.2) is 0 Å². The van der Waals surface area contributed by atoms with Crippen LogP contribution in [-0.2, 0) is 11.2 Å². The Balaban J connectivity index is 1.70. The molecule has 1 atom stereocenters. The van der Waals surface area contributed by atoms with Gasteiger partial charge >= 0.3 is 5.97 Å². The SMILES string of the molecule is CCc1cnc(C)nc1N1CCC2(CC1)CN[C@@H](C(=O)O)C2. The molecule has 1 aromatic heterocycles. The molecule has 2 fully saturated rings. The average molecular weight is 304 g/mol. The Morgan fingerprint density at radius 3 is 2.82 bits per heavy atom. The number of hydrogen-bond donors (Lipinski definition) is 2. The van der Waals surface area contributed by atoms with Crippen molar-refractivity contribution >= 4 is 11.8 Å². The van der Waals surface area contributed by atoms with Crippen molar-refractivity contribution in [3.05, 3.63) is 17.6 Å². The number of carboxylic acid groups (broad SMARTS) is 1. The van der Waals surface area contributed by atoms with Crippen LogP contribution in [0.25, 0.3) is 0 Å². The zero-order valence-electron chi connectivity index (χ0n) is 13.3. The molecule has 0 radical (unpaired) electrons. The number of nitrogens with zero attached hydrogens (tertiary/aromatic N) is 3. The molecule has 2 aliphatic rings. The smallest absolute Gasteiger partial charge is 0.320 e. The minimum Gasteiger partial charge on any atom is -0.480 e. The van der Waals surface area contributed by atoms with Crippen LogP contribution in [0.2, 0.25) is 0 Å². The summed E-state index contributed by atoms with van der Waals surface area (Å²) in [5.41, 5.74) is 1.34. The molecule has 0 aliphatic carbocycles. The van der Waals surface area contributed by atoms with Crippen LogP contribution in [0.1, 0.15) is 37.6 Å². The minimum absolute atomic E-state index is 0.147. The molecule has 0 saturated carbocycles. The molecule has 0 aromatic carbocycles. The van der Waals surface area contributed by atoms with Crippen molar-refractivity contribution in [1.29, 1.82) is 0 Å². The van der Waals surface area contributed by atoms with Gasteiger partial charge in [0.05, 0.1) is 0 Å². The van der Waals surface area contributed by atoms with E-state index in [0.29, 0.717) is 0 Å². The van der Waals surface area contributed by atoms with Crippen LogP contribution in [0, 0.1) is 12.3 Å². The molecule has 0 amide bonds. The molecule has 2 aliphatic heterocycles. The summed E-state index contributed by atoms with van der Waals surface area (Å²) in [4.78, 5) is 22.4. The first-order chi connectivity index (χ1) is 10.5. The Morgan fingerprint density at radius 2 is 2.23 bits per heavy atom. The lowest BCUT2D eigenvalue weighted by molar-refractivity contribution is -0.139. The second-order valence-corrected chi connectivity index (χ2v) is 6.58. The topological polar surface area (TPSA) is 78.4 Å². The van der Waals surface area contributed by atoms with Gasteiger partial charge in [-0.25, -0.2) is 9.97 Å². The molecule has 2 saturated heterocycles. The van der Waals surface area contributed by atoms with Crippen LogP contribution in [-0.4, -0.2) is 46.7 Å². The molecule has 120 valence electrons. The predicted molar refractivity (Wildman–Crippen MR) is 84.1 cm³/mol. The molecule has 1 spiro atoms. The van der Waals surface area contributed by atoms with Crippen molar-refractivity contribution in [3.8, 4) is 0 Å². The lowest BCUT2D eigenvalue weighted by Crippen LogP contribution is -2.42. The highest BCUT2D eigenvalue weighted by molar-refractivity contribution is 5.74. The maximum Gasteiger partial charge on any atom is 0.320 e. The van der Waals surface area contributed by atoms with Gasteiger partial charge in [-0.3, -0.25) is 4.79 Å². The largest absolute Gasteiger partial charge is 0.480 e. The molecule has 0 unspecified atom stereocenters. The Labute approximate surface area is 131 Å². The number of carboxylic acids is 1. The Bertz CT molecular complexity index is 567. The molecular weight excluding hydrogens is 280 g/mol. The molecule has 1 aromatic rings. The van der Waals surface area contributed by atoms with Crippen molar-refractivity contribution in [2.75, 3.05) is 24.5 Å². The molecule has 3 heterocycles. The van der Waals surface area contributed by atoms with Gasteiger partial charge in [0, 0.05) is 31.4 Å². The van der Waals surface area contributed by atoms with Crippen LogP contribution < -0.4 is 10.2 Å².